The van der Waals surface area contributed by atoms with Gasteiger partial charge in [0.2, 0.25) is 11.4 Å². The summed E-state index contributed by atoms with van der Waals surface area (Å²) in [6.45, 7) is 6.79. The van der Waals surface area contributed by atoms with Crippen LogP contribution in [-0.4, -0.2) is 47.5 Å². The first-order valence-electron chi connectivity index (χ1n) is 8.72. The molecule has 142 valence electrons. The molecule has 0 aliphatic carbocycles. The van der Waals surface area contributed by atoms with Gasteiger partial charge in [0.25, 0.3) is 0 Å². The second kappa shape index (κ2) is 7.85. The summed E-state index contributed by atoms with van der Waals surface area (Å²) in [7, 11) is 0. The van der Waals surface area contributed by atoms with Crippen LogP contribution in [-0.2, 0) is 23.9 Å². The first kappa shape index (κ1) is 19.9. The largest absolute Gasteiger partial charge is 0.464 e. The maximum atomic E-state index is 13.3. The Morgan fingerprint density at radius 2 is 1.65 bits per heavy atom. The highest BCUT2D eigenvalue weighted by Crippen LogP contribution is 2.46. The van der Waals surface area contributed by atoms with Crippen LogP contribution >= 0.6 is 0 Å². The molecule has 1 aromatic carbocycles. The number of hydrogen-bond donors (Lipinski definition) is 0. The topological polar surface area (TPSA) is 72.9 Å². The highest BCUT2D eigenvalue weighted by atomic mass is 19.1. The minimum atomic E-state index is -1.92. The van der Waals surface area contributed by atoms with E-state index in [0.717, 1.165) is 0 Å². The summed E-state index contributed by atoms with van der Waals surface area (Å²) in [5.74, 6) is -3.28. The molecule has 6 nitrogen and oxygen atoms in total. The molecule has 1 fully saturated rings. The van der Waals surface area contributed by atoms with Crippen LogP contribution in [0.2, 0.25) is 0 Å². The van der Waals surface area contributed by atoms with Crippen LogP contribution in [0.1, 0.15) is 45.6 Å². The summed E-state index contributed by atoms with van der Waals surface area (Å²) >= 11 is 0. The smallest absolute Gasteiger partial charge is 0.344 e. The van der Waals surface area contributed by atoms with Crippen LogP contribution in [0.4, 0.5) is 4.39 Å². The normalized spacial score (nSPS) is 18.9. The van der Waals surface area contributed by atoms with Gasteiger partial charge in [-0.25, -0.2) is 14.0 Å². The Hall–Kier alpha value is -2.44. The lowest BCUT2D eigenvalue weighted by atomic mass is 9.79. The minimum absolute atomic E-state index is 0.0518. The first-order valence-corrected chi connectivity index (χ1v) is 8.72. The van der Waals surface area contributed by atoms with E-state index in [9.17, 15) is 18.8 Å². The van der Waals surface area contributed by atoms with E-state index in [1.54, 1.807) is 27.7 Å². The van der Waals surface area contributed by atoms with Crippen molar-refractivity contribution >= 4 is 17.8 Å². The molecule has 1 heterocycles. The van der Waals surface area contributed by atoms with E-state index in [4.69, 9.17) is 9.47 Å². The Bertz CT molecular complexity index is 668. The monoisotopic (exact) mass is 365 g/mol. The second-order valence-corrected chi connectivity index (χ2v) is 6.37. The fourth-order valence-corrected chi connectivity index (χ4v) is 3.58. The van der Waals surface area contributed by atoms with Gasteiger partial charge >= 0.3 is 11.9 Å². The van der Waals surface area contributed by atoms with Gasteiger partial charge in [-0.2, -0.15) is 0 Å². The average molecular weight is 365 g/mol. The molecule has 1 unspecified atom stereocenters. The van der Waals surface area contributed by atoms with Crippen LogP contribution in [0, 0.1) is 5.82 Å². The van der Waals surface area contributed by atoms with Crippen LogP contribution in [0.25, 0.3) is 0 Å². The first-order chi connectivity index (χ1) is 12.3. The Kier molecular flexibility index (Phi) is 6.00. The Balaban J connectivity index is 2.70. The number of rotatable bonds is 6. The number of likely N-dealkylation sites (tertiary alicyclic amines) is 1. The molecular formula is C19H24FNO5. The number of amides is 1. The molecule has 2 rings (SSSR count). The zero-order valence-corrected chi connectivity index (χ0v) is 15.5. The highest BCUT2D eigenvalue weighted by molar-refractivity contribution is 6.11. The summed E-state index contributed by atoms with van der Waals surface area (Å²) in [6.07, 6.45) is -0.0680. The average Bonchev–Trinajstić information content (AvgIpc) is 2.90. The SMILES string of the molecule is CCOC(=O)C1(C(=O)OCC)C(c2ccc(F)cc2)CC(=O)N1C(C)C. The van der Waals surface area contributed by atoms with Gasteiger partial charge in [-0.15, -0.1) is 0 Å². The summed E-state index contributed by atoms with van der Waals surface area (Å²) in [5, 5.41) is 0. The molecule has 1 aliphatic heterocycles. The van der Waals surface area contributed by atoms with Gasteiger partial charge in [-0.3, -0.25) is 4.79 Å². The summed E-state index contributed by atoms with van der Waals surface area (Å²) in [4.78, 5) is 40.0. The van der Waals surface area contributed by atoms with E-state index in [-0.39, 0.29) is 25.5 Å². The van der Waals surface area contributed by atoms with Crippen molar-refractivity contribution in [1.29, 1.82) is 0 Å². The van der Waals surface area contributed by atoms with Crippen molar-refractivity contribution in [3.63, 3.8) is 0 Å². The molecule has 0 radical (unpaired) electrons. The lowest BCUT2D eigenvalue weighted by Crippen LogP contribution is -2.63. The molecular weight excluding hydrogens is 341 g/mol. The van der Waals surface area contributed by atoms with E-state index in [1.807, 2.05) is 0 Å². The van der Waals surface area contributed by atoms with Crippen molar-refractivity contribution in [2.45, 2.75) is 51.6 Å². The van der Waals surface area contributed by atoms with E-state index in [2.05, 4.69) is 0 Å². The molecule has 1 saturated heterocycles. The quantitative estimate of drug-likeness (QED) is 0.572. The molecule has 7 heteroatoms. The van der Waals surface area contributed by atoms with Crippen LogP contribution < -0.4 is 0 Å². The van der Waals surface area contributed by atoms with Gasteiger partial charge in [-0.05, 0) is 45.4 Å². The van der Waals surface area contributed by atoms with Crippen molar-refractivity contribution in [3.8, 4) is 0 Å². The highest BCUT2D eigenvalue weighted by Gasteiger charge is 2.66. The molecule has 1 aromatic rings. The summed E-state index contributed by atoms with van der Waals surface area (Å²) in [6, 6.07) is 4.99. The number of carbonyl (C=O) groups excluding carboxylic acids is 3. The molecule has 0 spiro atoms. The van der Waals surface area contributed by atoms with Gasteiger partial charge in [0, 0.05) is 18.4 Å². The number of halogens is 1. The molecule has 0 N–H and O–H groups in total. The molecule has 0 aromatic heterocycles. The summed E-state index contributed by atoms with van der Waals surface area (Å²) < 4.78 is 23.7. The Morgan fingerprint density at radius 3 is 2.08 bits per heavy atom. The summed E-state index contributed by atoms with van der Waals surface area (Å²) in [5.41, 5.74) is -1.42. The molecule has 1 aliphatic rings. The lowest BCUT2D eigenvalue weighted by molar-refractivity contribution is -0.178. The van der Waals surface area contributed by atoms with E-state index in [1.165, 1.54) is 29.2 Å². The fourth-order valence-electron chi connectivity index (χ4n) is 3.58. The van der Waals surface area contributed by atoms with Crippen molar-refractivity contribution in [3.05, 3.63) is 35.6 Å². The second-order valence-electron chi connectivity index (χ2n) is 6.37. The van der Waals surface area contributed by atoms with Crippen molar-refractivity contribution in [1.82, 2.24) is 4.90 Å². The van der Waals surface area contributed by atoms with Gasteiger partial charge in [0.15, 0.2) is 0 Å². The number of hydrogen-bond acceptors (Lipinski definition) is 5. The Morgan fingerprint density at radius 1 is 1.15 bits per heavy atom. The van der Waals surface area contributed by atoms with Gasteiger partial charge in [0.1, 0.15) is 5.82 Å². The predicted octanol–water partition coefficient (Wildman–Crippen LogP) is 2.42. The molecule has 26 heavy (non-hydrogen) atoms. The van der Waals surface area contributed by atoms with Crippen LogP contribution in [0.3, 0.4) is 0 Å². The van der Waals surface area contributed by atoms with E-state index >= 15 is 0 Å². The van der Waals surface area contributed by atoms with Crippen LogP contribution in [0.5, 0.6) is 0 Å². The van der Waals surface area contributed by atoms with Crippen molar-refractivity contribution in [2.24, 2.45) is 0 Å². The van der Waals surface area contributed by atoms with E-state index in [0.29, 0.717) is 5.56 Å². The van der Waals surface area contributed by atoms with Crippen molar-refractivity contribution < 1.29 is 28.2 Å². The molecule has 0 bridgehead atoms. The lowest BCUT2D eigenvalue weighted by Gasteiger charge is -2.39. The maximum Gasteiger partial charge on any atom is 0.344 e. The third-order valence-corrected chi connectivity index (χ3v) is 4.49. The van der Waals surface area contributed by atoms with Crippen LogP contribution in [0.15, 0.2) is 24.3 Å². The van der Waals surface area contributed by atoms with Gasteiger partial charge in [0.05, 0.1) is 13.2 Å². The Labute approximate surface area is 152 Å². The zero-order chi connectivity index (χ0) is 19.5. The third-order valence-electron chi connectivity index (χ3n) is 4.49. The number of esters is 2. The standard InChI is InChI=1S/C19H24FNO5/c1-5-25-17(23)19(18(24)26-6-2)15(11-16(22)21(19)12(3)4)13-7-9-14(20)10-8-13/h7-10,12,15H,5-6,11H2,1-4H3. The number of nitrogens with zero attached hydrogens (tertiary/aromatic N) is 1. The van der Waals surface area contributed by atoms with Crippen molar-refractivity contribution in [2.75, 3.05) is 13.2 Å². The molecule has 1 atom stereocenters. The van der Waals surface area contributed by atoms with Gasteiger partial charge < -0.3 is 14.4 Å². The minimum Gasteiger partial charge on any atom is -0.464 e. The number of benzene rings is 1. The third kappa shape index (κ3) is 3.18. The fraction of sp³-hybridized carbons (Fsp3) is 0.526. The predicted molar refractivity (Wildman–Crippen MR) is 91.7 cm³/mol. The molecule has 0 saturated carbocycles. The maximum absolute atomic E-state index is 13.3. The number of ether oxygens (including phenoxy) is 2. The zero-order valence-electron chi connectivity index (χ0n) is 15.5. The molecule has 1 amide bonds. The number of carbonyl (C=O) groups is 3. The van der Waals surface area contributed by atoms with Gasteiger partial charge in [-0.1, -0.05) is 12.1 Å². The van der Waals surface area contributed by atoms with E-state index < -0.39 is 35.3 Å².